The van der Waals surface area contributed by atoms with Gasteiger partial charge in [-0.15, -0.1) is 0 Å². The van der Waals surface area contributed by atoms with Gasteiger partial charge >= 0.3 is 0 Å². The van der Waals surface area contributed by atoms with Crippen LogP contribution in [0.25, 0.3) is 0 Å². The van der Waals surface area contributed by atoms with Gasteiger partial charge in [0.1, 0.15) is 13.2 Å². The number of anilines is 4. The Morgan fingerprint density at radius 1 is 0.852 bits per heavy atom. The molecule has 5 aromatic carbocycles. The van der Waals surface area contributed by atoms with Crippen LogP contribution in [0.1, 0.15) is 43.0 Å². The third-order valence-corrected chi connectivity index (χ3v) is 9.92. The van der Waals surface area contributed by atoms with Gasteiger partial charge < -0.3 is 39.8 Å². The molecule has 7 rings (SSSR count). The molecule has 0 aromatic heterocycles. The van der Waals surface area contributed by atoms with E-state index in [2.05, 4.69) is 28.4 Å². The van der Waals surface area contributed by atoms with Crippen LogP contribution >= 0.6 is 0 Å². The maximum absolute atomic E-state index is 13.7. The second kappa shape index (κ2) is 15.6. The van der Waals surface area contributed by atoms with Gasteiger partial charge in [0.15, 0.2) is 29.3 Å². The number of aldehydes is 1. The van der Waals surface area contributed by atoms with Gasteiger partial charge in [0, 0.05) is 61.6 Å². The smallest absolute Gasteiger partial charge is 0.260 e. The van der Waals surface area contributed by atoms with Crippen LogP contribution in [0.5, 0.6) is 23.0 Å². The van der Waals surface area contributed by atoms with E-state index in [1.54, 1.807) is 43.3 Å². The minimum Gasteiger partial charge on any atom is -0.493 e. The minimum atomic E-state index is -0.113. The normalized spacial score (nSPS) is 14.5. The minimum absolute atomic E-state index is 0.0552. The number of benzene rings is 5. The predicted molar refractivity (Wildman–Crippen MR) is 213 cm³/mol. The molecule has 2 heterocycles. The molecule has 0 saturated carbocycles. The third kappa shape index (κ3) is 7.25. The highest BCUT2D eigenvalue weighted by molar-refractivity contribution is 6.11. The molecule has 11 nitrogen and oxygen atoms in total. The molecule has 1 atom stereocenters. The Balaban J connectivity index is 1.06. The molecule has 0 bridgehead atoms. The molecule has 11 heteroatoms. The summed E-state index contributed by atoms with van der Waals surface area (Å²) in [5.74, 6) is 1.65. The lowest BCUT2D eigenvalue weighted by atomic mass is 10.1. The Morgan fingerprint density at radius 2 is 1.50 bits per heavy atom. The highest BCUT2D eigenvalue weighted by Crippen LogP contribution is 2.38. The van der Waals surface area contributed by atoms with E-state index in [1.807, 2.05) is 61.8 Å². The SMILES string of the molecule is CNc1cc(OCc2cc(N)cc(COc3cc(/N=C\C4Cc5ccccc5N4C)c(C=O)cc3OC)c2)c(OC)cc1C(=O)N1CCc2ccccc21. The zero-order valence-electron chi connectivity index (χ0n) is 30.8. The van der Waals surface area contributed by atoms with Gasteiger partial charge in [-0.3, -0.25) is 14.6 Å². The monoisotopic (exact) mass is 725 g/mol. The average Bonchev–Trinajstić information content (AvgIpc) is 3.78. The fraction of sp³-hybridized carbons (Fsp3) is 0.233. The molecule has 3 N–H and O–H groups in total. The second-order valence-electron chi connectivity index (χ2n) is 13.3. The average molecular weight is 726 g/mol. The largest absolute Gasteiger partial charge is 0.493 e. The molecule has 1 unspecified atom stereocenters. The summed E-state index contributed by atoms with van der Waals surface area (Å²) in [6.45, 7) is 0.964. The Kier molecular flexibility index (Phi) is 10.4. The first kappa shape index (κ1) is 35.9. The molecular weight excluding hydrogens is 683 g/mol. The van der Waals surface area contributed by atoms with E-state index in [0.717, 1.165) is 41.5 Å². The highest BCUT2D eigenvalue weighted by atomic mass is 16.5. The van der Waals surface area contributed by atoms with Gasteiger partial charge in [-0.1, -0.05) is 36.4 Å². The summed E-state index contributed by atoms with van der Waals surface area (Å²) in [4.78, 5) is 34.5. The zero-order valence-corrected chi connectivity index (χ0v) is 30.8. The zero-order chi connectivity index (χ0) is 37.8. The van der Waals surface area contributed by atoms with Crippen LogP contribution < -0.4 is 39.8 Å². The number of likely N-dealkylation sites (N-methyl/N-ethyl adjacent to an activating group) is 1. The topological polar surface area (TPSA) is 128 Å². The number of para-hydroxylation sites is 2. The van der Waals surface area contributed by atoms with Gasteiger partial charge in [0.05, 0.1) is 37.2 Å². The predicted octanol–water partition coefficient (Wildman–Crippen LogP) is 7.26. The lowest BCUT2D eigenvalue weighted by molar-refractivity contribution is 0.0989. The molecule has 1 amide bonds. The Bertz CT molecular complexity index is 2240. The van der Waals surface area contributed by atoms with E-state index < -0.39 is 0 Å². The summed E-state index contributed by atoms with van der Waals surface area (Å²) in [5, 5.41) is 3.15. The first-order valence-electron chi connectivity index (χ1n) is 17.8. The van der Waals surface area contributed by atoms with E-state index in [1.165, 1.54) is 18.4 Å². The van der Waals surface area contributed by atoms with Crippen LogP contribution in [-0.2, 0) is 26.1 Å². The van der Waals surface area contributed by atoms with Crippen LogP contribution in [-0.4, -0.2) is 59.3 Å². The van der Waals surface area contributed by atoms with E-state index >= 15 is 0 Å². The van der Waals surface area contributed by atoms with Crippen molar-refractivity contribution in [3.8, 4) is 23.0 Å². The molecule has 54 heavy (non-hydrogen) atoms. The van der Waals surface area contributed by atoms with Gasteiger partial charge in [0.25, 0.3) is 5.91 Å². The van der Waals surface area contributed by atoms with E-state index in [-0.39, 0.29) is 25.2 Å². The molecule has 0 saturated heterocycles. The van der Waals surface area contributed by atoms with Crippen LogP contribution in [0.3, 0.4) is 0 Å². The van der Waals surface area contributed by atoms with E-state index in [0.29, 0.717) is 57.7 Å². The number of hydrogen-bond acceptors (Lipinski definition) is 10. The quantitative estimate of drug-likeness (QED) is 0.0732. The number of fused-ring (bicyclic) bond motifs is 2. The lowest BCUT2D eigenvalue weighted by Gasteiger charge is -2.21. The number of nitrogen functional groups attached to an aromatic ring is 1. The number of nitrogens with zero attached hydrogens (tertiary/aromatic N) is 3. The number of aliphatic imine (C=N–C) groups is 1. The maximum atomic E-state index is 13.7. The lowest BCUT2D eigenvalue weighted by Crippen LogP contribution is -2.29. The van der Waals surface area contributed by atoms with Crippen molar-refractivity contribution in [1.82, 2.24) is 0 Å². The molecule has 0 fully saturated rings. The Labute approximate surface area is 314 Å². The number of nitrogens with two attached hydrogens (primary N) is 1. The molecule has 5 aromatic rings. The molecule has 276 valence electrons. The van der Waals surface area contributed by atoms with Crippen molar-refractivity contribution < 1.29 is 28.5 Å². The van der Waals surface area contributed by atoms with Gasteiger partial charge in [-0.25, -0.2) is 0 Å². The summed E-state index contributed by atoms with van der Waals surface area (Å²) in [6.07, 6.45) is 4.28. The van der Waals surface area contributed by atoms with Crippen molar-refractivity contribution in [1.29, 1.82) is 0 Å². The summed E-state index contributed by atoms with van der Waals surface area (Å²) in [7, 11) is 6.90. The fourth-order valence-electron chi connectivity index (χ4n) is 7.12. The van der Waals surface area contributed by atoms with Crippen molar-refractivity contribution in [3.05, 3.63) is 124 Å². The van der Waals surface area contributed by atoms with Gasteiger partial charge in [0.2, 0.25) is 0 Å². The second-order valence-corrected chi connectivity index (χ2v) is 13.3. The Morgan fingerprint density at radius 3 is 2.17 bits per heavy atom. The summed E-state index contributed by atoms with van der Waals surface area (Å²) in [5.41, 5.74) is 15.0. The number of nitrogens with one attached hydrogen (secondary N) is 1. The molecule has 0 aliphatic carbocycles. The van der Waals surface area contributed by atoms with Gasteiger partial charge in [-0.2, -0.15) is 0 Å². The number of rotatable bonds is 13. The molecular formula is C43H43N5O6. The summed E-state index contributed by atoms with van der Waals surface area (Å²) < 4.78 is 23.8. The summed E-state index contributed by atoms with van der Waals surface area (Å²) >= 11 is 0. The first-order valence-corrected chi connectivity index (χ1v) is 17.8. The molecule has 2 aliphatic heterocycles. The summed E-state index contributed by atoms with van der Waals surface area (Å²) in [6, 6.07) is 28.8. The van der Waals surface area contributed by atoms with Crippen molar-refractivity contribution in [3.63, 3.8) is 0 Å². The Hall–Kier alpha value is -6.49. The van der Waals surface area contributed by atoms with Crippen molar-refractivity contribution in [2.24, 2.45) is 4.99 Å². The van der Waals surface area contributed by atoms with E-state index in [4.69, 9.17) is 29.7 Å². The van der Waals surface area contributed by atoms with Crippen LogP contribution in [0.2, 0.25) is 0 Å². The first-order chi connectivity index (χ1) is 26.3. The number of methoxy groups -OCH3 is 2. The molecule has 0 radical (unpaired) electrons. The van der Waals surface area contributed by atoms with Crippen LogP contribution in [0.15, 0.2) is 96.0 Å². The standard InChI is InChI=1S/C43H43N5O6/c1-45-36-22-42(40(52-4)20-34(36)43(50)48-14-13-29-9-5-8-12-38(29)48)54-26-28-15-27(16-32(44)17-28)25-53-41-21-35(31(24-49)19-39(41)51-3)46-23-33-18-30-10-6-7-11-37(30)47(33)2/h5-12,15-17,19-24,33,45H,13-14,18,25-26,44H2,1-4H3/b46-23-. The fourth-order valence-corrected chi connectivity index (χ4v) is 7.12. The molecule has 2 aliphatic rings. The number of carbonyl (C=O) groups excluding carboxylic acids is 2. The number of amides is 1. The van der Waals surface area contributed by atoms with Crippen molar-refractivity contribution in [2.45, 2.75) is 32.1 Å². The number of ether oxygens (including phenoxy) is 4. The molecule has 0 spiro atoms. The van der Waals surface area contributed by atoms with Crippen LogP contribution in [0, 0.1) is 0 Å². The number of carbonyl (C=O) groups is 2. The van der Waals surface area contributed by atoms with E-state index in [9.17, 15) is 9.59 Å². The third-order valence-electron chi connectivity index (χ3n) is 9.92. The van der Waals surface area contributed by atoms with Gasteiger partial charge in [-0.05, 0) is 77.6 Å². The highest BCUT2D eigenvalue weighted by Gasteiger charge is 2.28. The van der Waals surface area contributed by atoms with Crippen molar-refractivity contribution >= 4 is 46.8 Å². The maximum Gasteiger partial charge on any atom is 0.260 e. The van der Waals surface area contributed by atoms with Crippen molar-refractivity contribution in [2.75, 3.05) is 55.7 Å². The van der Waals surface area contributed by atoms with Crippen LogP contribution in [0.4, 0.5) is 28.4 Å². The number of hydrogen-bond donors (Lipinski definition) is 2.